The molecule has 0 saturated heterocycles. The van der Waals surface area contributed by atoms with E-state index >= 15 is 0 Å². The molecule has 0 aliphatic heterocycles. The maximum Gasteiger partial charge on any atom is 0.257 e. The SMILES string of the molecule is CCC(N/C(C)=C(\Nc1cccc(C(=O)N(C)C)c1O)C(C)=O)c1cc(C)cc(C)c1. The molecule has 3 N–H and O–H groups in total. The van der Waals surface area contributed by atoms with E-state index in [9.17, 15) is 14.7 Å². The summed E-state index contributed by atoms with van der Waals surface area (Å²) in [5.74, 6) is -0.677. The average molecular weight is 424 g/mol. The maximum absolute atomic E-state index is 12.4. The first-order valence-electron chi connectivity index (χ1n) is 10.4. The van der Waals surface area contributed by atoms with E-state index in [0.29, 0.717) is 17.1 Å². The number of Topliss-reactive ketones (excluding diaryl/α,β-unsaturated/α-hetero) is 1. The fraction of sp³-hybridized carbons (Fsp3) is 0.360. The summed E-state index contributed by atoms with van der Waals surface area (Å²) in [7, 11) is 3.24. The van der Waals surface area contributed by atoms with Crippen molar-refractivity contribution in [3.8, 4) is 5.75 Å². The van der Waals surface area contributed by atoms with Crippen molar-refractivity contribution in [1.29, 1.82) is 0 Å². The lowest BCUT2D eigenvalue weighted by Gasteiger charge is -2.23. The van der Waals surface area contributed by atoms with Gasteiger partial charge in [-0.2, -0.15) is 0 Å². The first-order chi connectivity index (χ1) is 14.5. The highest BCUT2D eigenvalue weighted by Gasteiger charge is 2.19. The molecular weight excluding hydrogens is 390 g/mol. The number of ketones is 1. The molecule has 6 heteroatoms. The minimum Gasteiger partial charge on any atom is -0.505 e. The Morgan fingerprint density at radius 3 is 2.19 bits per heavy atom. The molecule has 2 aromatic carbocycles. The van der Waals surface area contributed by atoms with E-state index in [2.05, 4.69) is 49.6 Å². The van der Waals surface area contributed by atoms with E-state index < -0.39 is 0 Å². The molecule has 0 aliphatic carbocycles. The summed E-state index contributed by atoms with van der Waals surface area (Å²) in [4.78, 5) is 26.1. The Morgan fingerprint density at radius 1 is 1.06 bits per heavy atom. The number of allylic oxidation sites excluding steroid dienone is 2. The second-order valence-corrected chi connectivity index (χ2v) is 8.11. The third kappa shape index (κ3) is 5.87. The molecule has 1 atom stereocenters. The number of aryl methyl sites for hydroxylation is 2. The van der Waals surface area contributed by atoms with E-state index in [1.165, 1.54) is 23.0 Å². The number of aromatic hydroxyl groups is 1. The van der Waals surface area contributed by atoms with Crippen LogP contribution in [0.15, 0.2) is 47.8 Å². The molecule has 0 aliphatic rings. The summed E-state index contributed by atoms with van der Waals surface area (Å²) in [5.41, 5.74) is 5.02. The molecule has 0 fully saturated rings. The van der Waals surface area contributed by atoms with Crippen LogP contribution < -0.4 is 10.6 Å². The number of carbonyl (C=O) groups excluding carboxylic acids is 2. The quantitative estimate of drug-likeness (QED) is 0.424. The number of para-hydroxylation sites is 1. The van der Waals surface area contributed by atoms with Crippen LogP contribution >= 0.6 is 0 Å². The van der Waals surface area contributed by atoms with Gasteiger partial charge in [0.2, 0.25) is 0 Å². The molecule has 0 bridgehead atoms. The fourth-order valence-electron chi connectivity index (χ4n) is 3.60. The van der Waals surface area contributed by atoms with Crippen molar-refractivity contribution >= 4 is 17.4 Å². The number of anilines is 1. The van der Waals surface area contributed by atoms with E-state index in [0.717, 1.165) is 12.0 Å². The first kappa shape index (κ1) is 24.0. The Kier molecular flexibility index (Phi) is 7.86. The van der Waals surface area contributed by atoms with Crippen LogP contribution in [0, 0.1) is 13.8 Å². The number of nitrogens with zero attached hydrogens (tertiary/aromatic N) is 1. The van der Waals surface area contributed by atoms with E-state index in [1.54, 1.807) is 32.3 Å². The van der Waals surface area contributed by atoms with Crippen LogP contribution in [0.5, 0.6) is 5.75 Å². The van der Waals surface area contributed by atoms with Crippen LogP contribution in [-0.4, -0.2) is 35.8 Å². The topological polar surface area (TPSA) is 81.7 Å². The Bertz CT molecular complexity index is 989. The van der Waals surface area contributed by atoms with Crippen molar-refractivity contribution in [2.45, 2.75) is 47.1 Å². The lowest BCUT2D eigenvalue weighted by Crippen LogP contribution is -2.24. The molecule has 0 heterocycles. The number of phenolic OH excluding ortho intramolecular Hbond substituents is 1. The summed E-state index contributed by atoms with van der Waals surface area (Å²) < 4.78 is 0. The zero-order valence-corrected chi connectivity index (χ0v) is 19.5. The van der Waals surface area contributed by atoms with Gasteiger partial charge in [-0.15, -0.1) is 0 Å². The van der Waals surface area contributed by atoms with Crippen LogP contribution in [0.1, 0.15) is 60.3 Å². The minimum absolute atomic E-state index is 0.0324. The summed E-state index contributed by atoms with van der Waals surface area (Å²) in [6, 6.07) is 11.3. The maximum atomic E-state index is 12.4. The summed E-state index contributed by atoms with van der Waals surface area (Å²) in [6.07, 6.45) is 0.837. The highest BCUT2D eigenvalue weighted by atomic mass is 16.3. The van der Waals surface area contributed by atoms with Gasteiger partial charge in [0.25, 0.3) is 5.91 Å². The minimum atomic E-state index is -0.315. The predicted octanol–water partition coefficient (Wildman–Crippen LogP) is 4.68. The van der Waals surface area contributed by atoms with Gasteiger partial charge in [0.15, 0.2) is 11.5 Å². The normalized spacial score (nSPS) is 12.6. The number of hydrogen-bond acceptors (Lipinski definition) is 5. The van der Waals surface area contributed by atoms with Gasteiger partial charge in [0, 0.05) is 26.7 Å². The molecule has 1 unspecified atom stereocenters. The zero-order valence-electron chi connectivity index (χ0n) is 19.5. The van der Waals surface area contributed by atoms with Crippen molar-refractivity contribution < 1.29 is 14.7 Å². The lowest BCUT2D eigenvalue weighted by atomic mass is 9.99. The molecule has 0 radical (unpaired) electrons. The van der Waals surface area contributed by atoms with Gasteiger partial charge >= 0.3 is 0 Å². The van der Waals surface area contributed by atoms with Crippen molar-refractivity contribution in [2.24, 2.45) is 0 Å². The van der Waals surface area contributed by atoms with Crippen LogP contribution in [0.25, 0.3) is 0 Å². The Balaban J connectivity index is 2.39. The van der Waals surface area contributed by atoms with Crippen LogP contribution in [0.3, 0.4) is 0 Å². The van der Waals surface area contributed by atoms with Gasteiger partial charge in [-0.3, -0.25) is 9.59 Å². The van der Waals surface area contributed by atoms with Gasteiger partial charge < -0.3 is 20.6 Å². The van der Waals surface area contributed by atoms with Crippen molar-refractivity contribution in [3.63, 3.8) is 0 Å². The molecule has 166 valence electrons. The van der Waals surface area contributed by atoms with Crippen molar-refractivity contribution in [3.05, 3.63) is 70.0 Å². The van der Waals surface area contributed by atoms with E-state index in [4.69, 9.17) is 0 Å². The average Bonchev–Trinajstić information content (AvgIpc) is 2.69. The van der Waals surface area contributed by atoms with Crippen LogP contribution in [0.4, 0.5) is 5.69 Å². The molecule has 2 rings (SSSR count). The molecular formula is C25H33N3O3. The number of nitrogens with one attached hydrogen (secondary N) is 2. The highest BCUT2D eigenvalue weighted by Crippen LogP contribution is 2.30. The second-order valence-electron chi connectivity index (χ2n) is 8.11. The number of phenols is 1. The van der Waals surface area contributed by atoms with Gasteiger partial charge in [-0.25, -0.2) is 0 Å². The van der Waals surface area contributed by atoms with Gasteiger partial charge in [-0.05, 0) is 44.9 Å². The molecule has 1 amide bonds. The van der Waals surface area contributed by atoms with Gasteiger partial charge in [0.05, 0.1) is 17.3 Å². The lowest BCUT2D eigenvalue weighted by molar-refractivity contribution is -0.113. The summed E-state index contributed by atoms with van der Waals surface area (Å²) in [6.45, 7) is 9.53. The highest BCUT2D eigenvalue weighted by molar-refractivity contribution is 6.00. The molecule has 0 aromatic heterocycles. The Morgan fingerprint density at radius 2 is 1.68 bits per heavy atom. The summed E-state index contributed by atoms with van der Waals surface area (Å²) >= 11 is 0. The Hall–Kier alpha value is -3.28. The molecule has 6 nitrogen and oxygen atoms in total. The number of amides is 1. The summed E-state index contributed by atoms with van der Waals surface area (Å²) in [5, 5.41) is 17.1. The molecule has 0 spiro atoms. The van der Waals surface area contributed by atoms with Crippen molar-refractivity contribution in [1.82, 2.24) is 10.2 Å². The van der Waals surface area contributed by atoms with Crippen LogP contribution in [-0.2, 0) is 4.79 Å². The molecule has 2 aromatic rings. The zero-order chi connectivity index (χ0) is 23.3. The first-order valence-corrected chi connectivity index (χ1v) is 10.4. The monoisotopic (exact) mass is 423 g/mol. The van der Waals surface area contributed by atoms with Crippen molar-refractivity contribution in [2.75, 3.05) is 19.4 Å². The number of rotatable bonds is 8. The van der Waals surface area contributed by atoms with E-state index in [1.807, 2.05) is 6.92 Å². The van der Waals surface area contributed by atoms with Crippen LogP contribution in [0.2, 0.25) is 0 Å². The van der Waals surface area contributed by atoms with Gasteiger partial charge in [-0.1, -0.05) is 42.3 Å². The predicted molar refractivity (Wildman–Crippen MR) is 125 cm³/mol. The number of carbonyl (C=O) groups is 2. The number of benzene rings is 2. The Labute approximate surface area is 185 Å². The van der Waals surface area contributed by atoms with E-state index in [-0.39, 0.29) is 29.0 Å². The van der Waals surface area contributed by atoms with Gasteiger partial charge in [0.1, 0.15) is 5.70 Å². The standard InChI is InChI=1S/C25H33N3O3/c1-8-21(19-13-15(2)12-16(3)14-19)26-17(4)23(18(5)29)27-22-11-9-10-20(24(22)30)25(31)28(6)7/h9-14,21,26-27,30H,8H2,1-7H3/b23-17-. The third-order valence-electron chi connectivity index (χ3n) is 5.10. The third-order valence-corrected chi connectivity index (χ3v) is 5.10. The second kappa shape index (κ2) is 10.2. The molecule has 31 heavy (non-hydrogen) atoms. The fourth-order valence-corrected chi connectivity index (χ4v) is 3.60. The largest absolute Gasteiger partial charge is 0.505 e. The molecule has 0 saturated carbocycles. The smallest absolute Gasteiger partial charge is 0.257 e. The number of hydrogen-bond donors (Lipinski definition) is 3.